The van der Waals surface area contributed by atoms with Crippen LogP contribution in [0.5, 0.6) is 5.75 Å². The van der Waals surface area contributed by atoms with Gasteiger partial charge in [0.05, 0.1) is 7.11 Å². The number of carboxylic acid groups (broad SMARTS) is 1. The highest BCUT2D eigenvalue weighted by molar-refractivity contribution is 5.85. The predicted molar refractivity (Wildman–Crippen MR) is 72.4 cm³/mol. The van der Waals surface area contributed by atoms with E-state index in [1.54, 1.807) is 31.4 Å². The molecule has 1 aliphatic heterocycles. The number of aliphatic carboxylic acids is 1. The van der Waals surface area contributed by atoms with E-state index in [2.05, 4.69) is 0 Å². The summed E-state index contributed by atoms with van der Waals surface area (Å²) in [6.45, 7) is 0.298. The Kier molecular flexibility index (Phi) is 4.24. The van der Waals surface area contributed by atoms with Gasteiger partial charge in [0.15, 0.2) is 0 Å². The number of carboxylic acids is 1. The molecule has 1 aromatic rings. The van der Waals surface area contributed by atoms with Gasteiger partial charge in [0.2, 0.25) is 5.91 Å². The maximum absolute atomic E-state index is 11.8. The van der Waals surface area contributed by atoms with Crippen LogP contribution in [-0.2, 0) is 16.0 Å². The number of benzene rings is 1. The minimum absolute atomic E-state index is 0.196. The molecular formula is C14H18N2O4. The van der Waals surface area contributed by atoms with Crippen molar-refractivity contribution in [2.24, 2.45) is 5.73 Å². The van der Waals surface area contributed by atoms with Gasteiger partial charge in [-0.1, -0.05) is 12.1 Å². The molecule has 0 bridgehead atoms. The zero-order chi connectivity index (χ0) is 14.7. The molecule has 108 valence electrons. The summed E-state index contributed by atoms with van der Waals surface area (Å²) in [6.07, 6.45) is 0.476. The predicted octanol–water partition coefficient (Wildman–Crippen LogP) is 0.251. The van der Waals surface area contributed by atoms with Crippen molar-refractivity contribution in [3.05, 3.63) is 29.8 Å². The summed E-state index contributed by atoms with van der Waals surface area (Å²) in [4.78, 5) is 24.5. The van der Waals surface area contributed by atoms with E-state index in [1.165, 1.54) is 4.90 Å². The first-order valence-corrected chi connectivity index (χ1v) is 6.42. The monoisotopic (exact) mass is 278 g/mol. The molecule has 6 heteroatoms. The van der Waals surface area contributed by atoms with Gasteiger partial charge in [0, 0.05) is 25.4 Å². The fourth-order valence-corrected chi connectivity index (χ4v) is 2.38. The van der Waals surface area contributed by atoms with Gasteiger partial charge in [-0.2, -0.15) is 0 Å². The summed E-state index contributed by atoms with van der Waals surface area (Å²) in [5.41, 5.74) is 6.55. The minimum atomic E-state index is -1.01. The standard InChI is InChI=1S/C14H18N2O4/c1-20-11-4-2-9(3-5-11)6-12(14(18)19)16-8-10(15)7-13(16)17/h2-5,10,12H,6-8,15H2,1H3,(H,18,19)/t10?,12-/m0/s1. The zero-order valence-corrected chi connectivity index (χ0v) is 11.3. The van der Waals surface area contributed by atoms with E-state index in [1.807, 2.05) is 0 Å². The van der Waals surface area contributed by atoms with Gasteiger partial charge < -0.3 is 20.5 Å². The maximum Gasteiger partial charge on any atom is 0.326 e. The minimum Gasteiger partial charge on any atom is -0.497 e. The molecule has 1 fully saturated rings. The van der Waals surface area contributed by atoms with E-state index in [9.17, 15) is 14.7 Å². The fourth-order valence-electron chi connectivity index (χ4n) is 2.38. The summed E-state index contributed by atoms with van der Waals surface area (Å²) in [6, 6.07) is 5.99. The topological polar surface area (TPSA) is 92.9 Å². The van der Waals surface area contributed by atoms with Crippen LogP contribution in [0, 0.1) is 0 Å². The molecule has 6 nitrogen and oxygen atoms in total. The average molecular weight is 278 g/mol. The van der Waals surface area contributed by atoms with Crippen LogP contribution in [0.1, 0.15) is 12.0 Å². The van der Waals surface area contributed by atoms with Gasteiger partial charge in [0.25, 0.3) is 0 Å². The van der Waals surface area contributed by atoms with Gasteiger partial charge in [-0.25, -0.2) is 4.79 Å². The molecule has 1 unspecified atom stereocenters. The maximum atomic E-state index is 11.8. The first kappa shape index (κ1) is 14.3. The highest BCUT2D eigenvalue weighted by Gasteiger charge is 2.36. The van der Waals surface area contributed by atoms with Crippen LogP contribution in [0.2, 0.25) is 0 Å². The number of carbonyl (C=O) groups is 2. The van der Waals surface area contributed by atoms with Gasteiger partial charge >= 0.3 is 5.97 Å². The lowest BCUT2D eigenvalue weighted by Crippen LogP contribution is -2.44. The molecule has 20 heavy (non-hydrogen) atoms. The van der Waals surface area contributed by atoms with Crippen LogP contribution in [0.3, 0.4) is 0 Å². The van der Waals surface area contributed by atoms with Gasteiger partial charge in [-0.3, -0.25) is 4.79 Å². The van der Waals surface area contributed by atoms with E-state index in [0.29, 0.717) is 12.3 Å². The summed E-state index contributed by atoms with van der Waals surface area (Å²) in [5, 5.41) is 9.34. The third kappa shape index (κ3) is 3.08. The SMILES string of the molecule is COc1ccc(C[C@@H](C(=O)O)N2CC(N)CC2=O)cc1. The molecule has 0 saturated carbocycles. The lowest BCUT2D eigenvalue weighted by atomic mass is 10.0. The molecular weight excluding hydrogens is 260 g/mol. The molecule has 1 aliphatic rings. The summed E-state index contributed by atoms with van der Waals surface area (Å²) >= 11 is 0. The molecule has 0 aromatic heterocycles. The lowest BCUT2D eigenvalue weighted by Gasteiger charge is -2.24. The van der Waals surface area contributed by atoms with Gasteiger partial charge in [0.1, 0.15) is 11.8 Å². The Morgan fingerprint density at radius 3 is 2.60 bits per heavy atom. The van der Waals surface area contributed by atoms with Crippen molar-refractivity contribution >= 4 is 11.9 Å². The van der Waals surface area contributed by atoms with Crippen LogP contribution in [0.4, 0.5) is 0 Å². The highest BCUT2D eigenvalue weighted by atomic mass is 16.5. The Morgan fingerprint density at radius 1 is 1.50 bits per heavy atom. The quantitative estimate of drug-likeness (QED) is 0.805. The number of hydrogen-bond acceptors (Lipinski definition) is 4. The normalized spacial score (nSPS) is 20.0. The van der Waals surface area contributed by atoms with Crippen molar-refractivity contribution in [3.63, 3.8) is 0 Å². The van der Waals surface area contributed by atoms with Crippen molar-refractivity contribution in [1.29, 1.82) is 0 Å². The Bertz CT molecular complexity index is 500. The molecule has 2 rings (SSSR count). The number of nitrogens with two attached hydrogens (primary N) is 1. The number of amides is 1. The Labute approximate surface area is 117 Å². The number of carbonyl (C=O) groups excluding carboxylic acids is 1. The smallest absolute Gasteiger partial charge is 0.326 e. The van der Waals surface area contributed by atoms with E-state index >= 15 is 0 Å². The molecule has 2 atom stereocenters. The molecule has 1 saturated heterocycles. The number of ether oxygens (including phenoxy) is 1. The van der Waals surface area contributed by atoms with Crippen molar-refractivity contribution < 1.29 is 19.4 Å². The fraction of sp³-hybridized carbons (Fsp3) is 0.429. The van der Waals surface area contributed by atoms with Crippen LogP contribution >= 0.6 is 0 Å². The van der Waals surface area contributed by atoms with Crippen LogP contribution in [0.15, 0.2) is 24.3 Å². The lowest BCUT2D eigenvalue weighted by molar-refractivity contribution is -0.148. The number of nitrogens with zero attached hydrogens (tertiary/aromatic N) is 1. The van der Waals surface area contributed by atoms with E-state index in [-0.39, 0.29) is 24.8 Å². The Balaban J connectivity index is 2.13. The number of hydrogen-bond donors (Lipinski definition) is 2. The van der Waals surface area contributed by atoms with Crippen molar-refractivity contribution in [2.45, 2.75) is 24.9 Å². The molecule has 3 N–H and O–H groups in total. The molecule has 1 aromatic carbocycles. The Morgan fingerprint density at radius 2 is 2.15 bits per heavy atom. The molecule has 0 radical (unpaired) electrons. The largest absolute Gasteiger partial charge is 0.497 e. The highest BCUT2D eigenvalue weighted by Crippen LogP contribution is 2.19. The zero-order valence-electron chi connectivity index (χ0n) is 11.3. The van der Waals surface area contributed by atoms with E-state index < -0.39 is 12.0 Å². The van der Waals surface area contributed by atoms with Crippen LogP contribution < -0.4 is 10.5 Å². The average Bonchev–Trinajstić information content (AvgIpc) is 2.75. The molecule has 1 amide bonds. The first-order valence-electron chi connectivity index (χ1n) is 6.42. The van der Waals surface area contributed by atoms with Crippen LogP contribution in [-0.4, -0.2) is 47.6 Å². The third-order valence-corrected chi connectivity index (χ3v) is 3.44. The Hall–Kier alpha value is -2.08. The number of rotatable bonds is 5. The summed E-state index contributed by atoms with van der Waals surface area (Å²) in [5.74, 6) is -0.499. The molecule has 1 heterocycles. The van der Waals surface area contributed by atoms with Crippen molar-refractivity contribution in [2.75, 3.05) is 13.7 Å². The van der Waals surface area contributed by atoms with E-state index in [0.717, 1.165) is 5.56 Å². The second-order valence-electron chi connectivity index (χ2n) is 4.92. The third-order valence-electron chi connectivity index (χ3n) is 3.44. The number of methoxy groups -OCH3 is 1. The summed E-state index contributed by atoms with van der Waals surface area (Å²) < 4.78 is 5.06. The second kappa shape index (κ2) is 5.92. The van der Waals surface area contributed by atoms with Crippen LogP contribution in [0.25, 0.3) is 0 Å². The number of likely N-dealkylation sites (tertiary alicyclic amines) is 1. The van der Waals surface area contributed by atoms with Crippen molar-refractivity contribution in [1.82, 2.24) is 4.90 Å². The van der Waals surface area contributed by atoms with Crippen molar-refractivity contribution in [3.8, 4) is 5.75 Å². The first-order chi connectivity index (χ1) is 9.51. The molecule has 0 spiro atoms. The summed E-state index contributed by atoms with van der Waals surface area (Å²) in [7, 11) is 1.57. The second-order valence-corrected chi connectivity index (χ2v) is 4.92. The molecule has 0 aliphatic carbocycles. The van der Waals surface area contributed by atoms with E-state index in [4.69, 9.17) is 10.5 Å². The van der Waals surface area contributed by atoms with Gasteiger partial charge in [-0.05, 0) is 17.7 Å². The van der Waals surface area contributed by atoms with Gasteiger partial charge in [-0.15, -0.1) is 0 Å².